The second-order valence-electron chi connectivity index (χ2n) is 8.97. The Kier molecular flexibility index (Phi) is 7.13. The van der Waals surface area contributed by atoms with Gasteiger partial charge in [-0.3, -0.25) is 14.7 Å². The van der Waals surface area contributed by atoms with Crippen molar-refractivity contribution in [3.05, 3.63) is 94.3 Å². The highest BCUT2D eigenvalue weighted by molar-refractivity contribution is 6.36. The van der Waals surface area contributed by atoms with E-state index < -0.39 is 17.4 Å². The average Bonchev–Trinajstić information content (AvgIpc) is 2.93. The van der Waals surface area contributed by atoms with Crippen LogP contribution in [0, 0.1) is 5.82 Å². The molecule has 0 aliphatic carbocycles. The zero-order valence-corrected chi connectivity index (χ0v) is 21.3. The minimum atomic E-state index is -1.17. The van der Waals surface area contributed by atoms with Gasteiger partial charge in [0.2, 0.25) is 0 Å². The molecule has 3 aromatic carbocycles. The Labute approximate surface area is 215 Å². The minimum absolute atomic E-state index is 0.113. The molecule has 0 saturated heterocycles. The molecule has 0 saturated carbocycles. The van der Waals surface area contributed by atoms with Crippen molar-refractivity contribution in [2.24, 2.45) is 4.99 Å². The summed E-state index contributed by atoms with van der Waals surface area (Å²) in [6.45, 7) is 5.57. The van der Waals surface area contributed by atoms with Gasteiger partial charge in [0, 0.05) is 30.4 Å². The smallest absolute Gasteiger partial charge is 0.414 e. The first-order valence-electron chi connectivity index (χ1n) is 11.6. The van der Waals surface area contributed by atoms with Crippen molar-refractivity contribution in [3.63, 3.8) is 0 Å². The predicted molar refractivity (Wildman–Crippen MR) is 141 cm³/mol. The average molecular weight is 508 g/mol. The van der Waals surface area contributed by atoms with Gasteiger partial charge in [-0.15, -0.1) is 0 Å². The molecule has 1 aliphatic rings. The Balaban J connectivity index is 1.82. The van der Waals surface area contributed by atoms with E-state index in [1.54, 1.807) is 51.2 Å². The number of carbonyl (C=O) groups is 2. The van der Waals surface area contributed by atoms with Crippen molar-refractivity contribution in [3.8, 4) is 0 Å². The number of benzene rings is 3. The third kappa shape index (κ3) is 4.84. The van der Waals surface area contributed by atoms with Crippen LogP contribution in [0.5, 0.6) is 0 Å². The maximum atomic E-state index is 15.0. The fourth-order valence-electron chi connectivity index (χ4n) is 4.23. The highest BCUT2D eigenvalue weighted by atomic mass is 35.5. The molecule has 36 heavy (non-hydrogen) atoms. The van der Waals surface area contributed by atoms with Crippen molar-refractivity contribution in [2.75, 3.05) is 23.4 Å². The lowest BCUT2D eigenvalue weighted by Crippen LogP contribution is -2.41. The zero-order valence-electron chi connectivity index (χ0n) is 20.6. The quantitative estimate of drug-likeness (QED) is 0.411. The number of carbonyl (C=O) groups excluding carboxylic acids is 2. The van der Waals surface area contributed by atoms with Gasteiger partial charge in [-0.2, -0.15) is 0 Å². The number of benzodiazepines with no additional fused rings is 1. The first kappa shape index (κ1) is 25.4. The molecule has 6 nitrogen and oxygen atoms in total. The van der Waals surface area contributed by atoms with Crippen LogP contribution in [-0.4, -0.2) is 36.8 Å². The van der Waals surface area contributed by atoms with Crippen LogP contribution in [0.15, 0.2) is 71.7 Å². The molecular formula is C28H27ClFN3O3. The van der Waals surface area contributed by atoms with E-state index in [-0.39, 0.29) is 28.8 Å². The number of halogens is 2. The summed E-state index contributed by atoms with van der Waals surface area (Å²) in [6.07, 6.45) is -0.555. The lowest BCUT2D eigenvalue weighted by atomic mass is 9.98. The molecule has 0 bridgehead atoms. The molecule has 0 aromatic heterocycles. The SMILES string of the molecule is CCN(C(=O)OCc1ccccc1)c1cc(Cl)c2c(c1)C(c1ccccc1F)=NC(C)(C)C(=O)N2C. The van der Waals surface area contributed by atoms with Gasteiger partial charge in [-0.1, -0.05) is 54.1 Å². The predicted octanol–water partition coefficient (Wildman–Crippen LogP) is 6.23. The Morgan fingerprint density at radius 1 is 1.08 bits per heavy atom. The summed E-state index contributed by atoms with van der Waals surface area (Å²) in [5.41, 5.74) is 1.49. The third-order valence-electron chi connectivity index (χ3n) is 6.04. The van der Waals surface area contributed by atoms with Crippen LogP contribution in [0.3, 0.4) is 0 Å². The number of hydrogen-bond acceptors (Lipinski definition) is 4. The first-order valence-corrected chi connectivity index (χ1v) is 12.0. The fraction of sp³-hybridized carbons (Fsp3) is 0.250. The Bertz CT molecular complexity index is 1340. The molecule has 3 aromatic rings. The number of nitrogens with zero attached hydrogens (tertiary/aromatic N) is 3. The fourth-order valence-corrected chi connectivity index (χ4v) is 4.57. The molecule has 0 fully saturated rings. The lowest BCUT2D eigenvalue weighted by Gasteiger charge is -2.26. The summed E-state index contributed by atoms with van der Waals surface area (Å²) in [4.78, 5) is 33.8. The van der Waals surface area contributed by atoms with E-state index in [1.807, 2.05) is 37.3 Å². The van der Waals surface area contributed by atoms with E-state index in [0.717, 1.165) is 5.56 Å². The number of aliphatic imine (C=N–C) groups is 1. The monoisotopic (exact) mass is 507 g/mol. The summed E-state index contributed by atoms with van der Waals surface area (Å²) in [5.74, 6) is -0.773. The van der Waals surface area contributed by atoms with Gasteiger partial charge in [-0.25, -0.2) is 9.18 Å². The number of amides is 2. The molecule has 0 atom stereocenters. The molecular weight excluding hydrogens is 481 g/mol. The van der Waals surface area contributed by atoms with Crippen LogP contribution in [0.1, 0.15) is 37.5 Å². The van der Waals surface area contributed by atoms with E-state index in [1.165, 1.54) is 15.9 Å². The summed E-state index contributed by atoms with van der Waals surface area (Å²) in [7, 11) is 1.61. The van der Waals surface area contributed by atoms with Crippen LogP contribution in [0.4, 0.5) is 20.6 Å². The number of anilines is 2. The lowest BCUT2D eigenvalue weighted by molar-refractivity contribution is -0.122. The number of rotatable bonds is 5. The van der Waals surface area contributed by atoms with E-state index in [2.05, 4.69) is 0 Å². The maximum Gasteiger partial charge on any atom is 0.414 e. The van der Waals surface area contributed by atoms with E-state index in [4.69, 9.17) is 21.3 Å². The molecule has 186 valence electrons. The van der Waals surface area contributed by atoms with Crippen molar-refractivity contribution < 1.29 is 18.7 Å². The summed E-state index contributed by atoms with van der Waals surface area (Å²) in [5, 5.41) is 0.231. The number of ether oxygens (including phenoxy) is 1. The Hall–Kier alpha value is -3.71. The molecule has 8 heteroatoms. The van der Waals surface area contributed by atoms with Gasteiger partial charge in [0.15, 0.2) is 0 Å². The van der Waals surface area contributed by atoms with Crippen LogP contribution in [-0.2, 0) is 16.1 Å². The standard InChI is InChI=1S/C28H27ClFN3O3/c1-5-33(27(35)36-17-18-11-7-6-8-12-18)19-15-21-24(20-13-9-10-14-23(20)30)31-28(2,3)26(34)32(4)25(21)22(29)16-19/h6-16H,5,17H2,1-4H3. The van der Waals surface area contributed by atoms with Gasteiger partial charge in [0.1, 0.15) is 18.0 Å². The van der Waals surface area contributed by atoms with Gasteiger partial charge in [-0.05, 0) is 50.6 Å². The van der Waals surface area contributed by atoms with Crippen molar-refractivity contribution >= 4 is 40.7 Å². The minimum Gasteiger partial charge on any atom is -0.444 e. The highest BCUT2D eigenvalue weighted by Gasteiger charge is 2.38. The maximum absolute atomic E-state index is 15.0. The van der Waals surface area contributed by atoms with Crippen LogP contribution < -0.4 is 9.80 Å². The van der Waals surface area contributed by atoms with Gasteiger partial charge < -0.3 is 9.64 Å². The van der Waals surface area contributed by atoms with Crippen LogP contribution in [0.2, 0.25) is 5.02 Å². The molecule has 1 heterocycles. The Morgan fingerprint density at radius 3 is 2.42 bits per heavy atom. The second kappa shape index (κ2) is 10.1. The number of hydrogen-bond donors (Lipinski definition) is 0. The summed E-state index contributed by atoms with van der Waals surface area (Å²) in [6, 6.07) is 18.9. The van der Waals surface area contributed by atoms with Crippen molar-refractivity contribution in [2.45, 2.75) is 32.9 Å². The highest BCUT2D eigenvalue weighted by Crippen LogP contribution is 2.40. The summed E-state index contributed by atoms with van der Waals surface area (Å²) >= 11 is 6.72. The number of fused-ring (bicyclic) bond motifs is 1. The van der Waals surface area contributed by atoms with Crippen molar-refractivity contribution in [1.82, 2.24) is 0 Å². The molecule has 0 spiro atoms. The normalized spacial score (nSPS) is 14.6. The summed E-state index contributed by atoms with van der Waals surface area (Å²) < 4.78 is 20.5. The number of likely N-dealkylation sites (N-methyl/N-ethyl adjacent to an activating group) is 1. The van der Waals surface area contributed by atoms with E-state index in [9.17, 15) is 14.0 Å². The topological polar surface area (TPSA) is 62.2 Å². The van der Waals surface area contributed by atoms with E-state index >= 15 is 0 Å². The second-order valence-corrected chi connectivity index (χ2v) is 9.38. The van der Waals surface area contributed by atoms with Crippen LogP contribution in [0.25, 0.3) is 0 Å². The Morgan fingerprint density at radius 2 is 1.75 bits per heavy atom. The molecule has 0 N–H and O–H groups in total. The third-order valence-corrected chi connectivity index (χ3v) is 6.33. The zero-order chi connectivity index (χ0) is 26.0. The molecule has 0 radical (unpaired) electrons. The van der Waals surface area contributed by atoms with Gasteiger partial charge >= 0.3 is 6.09 Å². The van der Waals surface area contributed by atoms with E-state index in [0.29, 0.717) is 23.5 Å². The molecule has 0 unspecified atom stereocenters. The molecule has 1 aliphatic heterocycles. The largest absolute Gasteiger partial charge is 0.444 e. The molecule has 4 rings (SSSR count). The first-order chi connectivity index (χ1) is 17.1. The van der Waals surface area contributed by atoms with Crippen LogP contribution >= 0.6 is 11.6 Å². The van der Waals surface area contributed by atoms with Gasteiger partial charge in [0.05, 0.1) is 16.4 Å². The van der Waals surface area contributed by atoms with Gasteiger partial charge in [0.25, 0.3) is 5.91 Å². The van der Waals surface area contributed by atoms with Crippen molar-refractivity contribution in [1.29, 1.82) is 0 Å². The molecule has 2 amide bonds.